The molecule has 0 bridgehead atoms. The topological polar surface area (TPSA) is 12.5 Å². The van der Waals surface area contributed by atoms with Crippen LogP contribution in [0.4, 0.5) is 0 Å². The minimum atomic E-state index is 0.545. The third kappa shape index (κ3) is 5.69. The monoisotopic (exact) mass is 240 g/mol. The highest BCUT2D eigenvalue weighted by atomic mass is 16.6. The van der Waals surface area contributed by atoms with Gasteiger partial charge < -0.3 is 9.22 Å². The Labute approximate surface area is 107 Å². The summed E-state index contributed by atoms with van der Waals surface area (Å²) in [4.78, 5) is 0. The van der Waals surface area contributed by atoms with Gasteiger partial charge in [0.2, 0.25) is 0 Å². The largest absolute Gasteiger partial charge is 0.367 e. The molecule has 1 rings (SSSR count). The molecule has 1 aliphatic heterocycles. The molecule has 0 saturated carbocycles. The molecule has 0 spiro atoms. The maximum Gasteiger partial charge on any atom is 0.130 e. The number of ether oxygens (including phenoxy) is 1. The van der Waals surface area contributed by atoms with Crippen molar-refractivity contribution in [2.24, 2.45) is 0 Å². The van der Waals surface area contributed by atoms with Gasteiger partial charge in [0.05, 0.1) is 26.2 Å². The highest BCUT2D eigenvalue weighted by Gasteiger charge is 2.34. The Bertz CT molecular complexity index is 217. The molecule has 1 fully saturated rings. The molecular formula is C15H30NO+. The van der Waals surface area contributed by atoms with E-state index in [2.05, 4.69) is 32.9 Å². The third-order valence-electron chi connectivity index (χ3n) is 3.97. The summed E-state index contributed by atoms with van der Waals surface area (Å²) in [5, 5.41) is 0. The Balaban J connectivity index is 2.27. The van der Waals surface area contributed by atoms with Gasteiger partial charge in [-0.25, -0.2) is 0 Å². The number of nitrogens with zero attached hydrogens (tertiary/aromatic N) is 1. The van der Waals surface area contributed by atoms with E-state index in [1.54, 1.807) is 0 Å². The minimum absolute atomic E-state index is 0.545. The number of quaternary nitrogens is 1. The Morgan fingerprint density at radius 3 is 2.35 bits per heavy atom. The van der Waals surface area contributed by atoms with Crippen molar-refractivity contribution in [3.05, 3.63) is 12.2 Å². The zero-order valence-corrected chi connectivity index (χ0v) is 12.0. The van der Waals surface area contributed by atoms with Crippen molar-refractivity contribution in [3.8, 4) is 0 Å². The molecule has 1 aliphatic rings. The molecule has 0 aromatic heterocycles. The molecule has 2 heteroatoms. The average Bonchev–Trinajstić information content (AvgIpc) is 3.16. The standard InChI is InChI=1S/C15H30NO/c1-4-7-8-9-10-11-12-16(5-2,6-3)13-15-14-17-15/h10-11,15H,4-9,12-14H2,1-3H3/q+1/b11-10+. The van der Waals surface area contributed by atoms with E-state index in [-0.39, 0.29) is 0 Å². The maximum absolute atomic E-state index is 5.39. The van der Waals surface area contributed by atoms with Crippen LogP contribution in [0.15, 0.2) is 12.2 Å². The fourth-order valence-corrected chi connectivity index (χ4v) is 2.35. The maximum atomic E-state index is 5.39. The first kappa shape index (κ1) is 14.7. The number of hydrogen-bond donors (Lipinski definition) is 0. The second kappa shape index (κ2) is 7.88. The lowest BCUT2D eigenvalue weighted by Gasteiger charge is -2.35. The van der Waals surface area contributed by atoms with Crippen LogP contribution in [0.3, 0.4) is 0 Å². The lowest BCUT2D eigenvalue weighted by atomic mass is 10.2. The molecule has 0 N–H and O–H groups in total. The van der Waals surface area contributed by atoms with Crippen molar-refractivity contribution >= 4 is 0 Å². The molecule has 0 amide bonds. The van der Waals surface area contributed by atoms with Gasteiger partial charge in [-0.05, 0) is 32.8 Å². The van der Waals surface area contributed by atoms with Crippen molar-refractivity contribution in [2.75, 3.05) is 32.8 Å². The van der Waals surface area contributed by atoms with Gasteiger partial charge >= 0.3 is 0 Å². The van der Waals surface area contributed by atoms with Crippen molar-refractivity contribution in [2.45, 2.75) is 52.6 Å². The zero-order chi connectivity index (χ0) is 12.6. The number of likely N-dealkylation sites (N-methyl/N-ethyl adjacent to an activating group) is 1. The lowest BCUT2D eigenvalue weighted by molar-refractivity contribution is -0.919. The van der Waals surface area contributed by atoms with Crippen LogP contribution >= 0.6 is 0 Å². The predicted octanol–water partition coefficient (Wildman–Crippen LogP) is 3.38. The van der Waals surface area contributed by atoms with Gasteiger partial charge in [0.1, 0.15) is 12.6 Å². The van der Waals surface area contributed by atoms with Gasteiger partial charge in [0, 0.05) is 0 Å². The van der Waals surface area contributed by atoms with Gasteiger partial charge in [-0.1, -0.05) is 25.8 Å². The highest BCUT2D eigenvalue weighted by Crippen LogP contribution is 2.17. The fraction of sp³-hybridized carbons (Fsp3) is 0.867. The van der Waals surface area contributed by atoms with Crippen LogP contribution in [0.5, 0.6) is 0 Å². The third-order valence-corrected chi connectivity index (χ3v) is 3.97. The second-order valence-electron chi connectivity index (χ2n) is 5.26. The predicted molar refractivity (Wildman–Crippen MR) is 74.1 cm³/mol. The zero-order valence-electron chi connectivity index (χ0n) is 12.0. The number of allylic oxidation sites excluding steroid dienone is 1. The second-order valence-corrected chi connectivity index (χ2v) is 5.26. The molecule has 2 nitrogen and oxygen atoms in total. The Morgan fingerprint density at radius 2 is 1.82 bits per heavy atom. The van der Waals surface area contributed by atoms with Crippen LogP contribution < -0.4 is 0 Å². The molecule has 1 atom stereocenters. The quantitative estimate of drug-likeness (QED) is 0.247. The van der Waals surface area contributed by atoms with Crippen LogP contribution in [0, 0.1) is 0 Å². The van der Waals surface area contributed by atoms with E-state index in [9.17, 15) is 0 Å². The van der Waals surface area contributed by atoms with E-state index in [1.165, 1.54) is 56.3 Å². The first-order valence-electron chi connectivity index (χ1n) is 7.38. The summed E-state index contributed by atoms with van der Waals surface area (Å²) in [5.74, 6) is 0. The van der Waals surface area contributed by atoms with E-state index < -0.39 is 0 Å². The number of rotatable bonds is 10. The van der Waals surface area contributed by atoms with Crippen LogP contribution in [-0.4, -0.2) is 43.4 Å². The highest BCUT2D eigenvalue weighted by molar-refractivity contribution is 4.82. The summed E-state index contributed by atoms with van der Waals surface area (Å²) >= 11 is 0. The van der Waals surface area contributed by atoms with E-state index in [1.807, 2.05) is 0 Å². The van der Waals surface area contributed by atoms with Gasteiger partial charge in [-0.2, -0.15) is 0 Å². The molecule has 1 unspecified atom stereocenters. The van der Waals surface area contributed by atoms with Gasteiger partial charge in [-0.3, -0.25) is 0 Å². The lowest BCUT2D eigenvalue weighted by Crippen LogP contribution is -2.50. The van der Waals surface area contributed by atoms with Crippen LogP contribution in [0.2, 0.25) is 0 Å². The van der Waals surface area contributed by atoms with Gasteiger partial charge in [0.25, 0.3) is 0 Å². The van der Waals surface area contributed by atoms with Crippen LogP contribution in [-0.2, 0) is 4.74 Å². The van der Waals surface area contributed by atoms with E-state index in [0.717, 1.165) is 6.61 Å². The fourth-order valence-electron chi connectivity index (χ4n) is 2.35. The first-order chi connectivity index (χ1) is 8.26. The molecule has 0 aromatic rings. The minimum Gasteiger partial charge on any atom is -0.367 e. The van der Waals surface area contributed by atoms with E-state index >= 15 is 0 Å². The summed E-state index contributed by atoms with van der Waals surface area (Å²) in [6.45, 7) is 12.7. The van der Waals surface area contributed by atoms with Gasteiger partial charge in [0.15, 0.2) is 0 Å². The number of epoxide rings is 1. The Morgan fingerprint density at radius 1 is 1.12 bits per heavy atom. The summed E-state index contributed by atoms with van der Waals surface area (Å²) in [6.07, 6.45) is 10.6. The molecular weight excluding hydrogens is 210 g/mol. The average molecular weight is 240 g/mol. The molecule has 1 heterocycles. The van der Waals surface area contributed by atoms with Crippen molar-refractivity contribution in [3.63, 3.8) is 0 Å². The molecule has 0 aromatic carbocycles. The SMILES string of the molecule is CCCCC/C=C/C[N+](CC)(CC)CC1CO1. The van der Waals surface area contributed by atoms with E-state index in [4.69, 9.17) is 4.74 Å². The molecule has 0 aliphatic carbocycles. The smallest absolute Gasteiger partial charge is 0.130 e. The Hall–Kier alpha value is -0.340. The molecule has 1 saturated heterocycles. The molecule has 100 valence electrons. The summed E-state index contributed by atoms with van der Waals surface area (Å²) in [6, 6.07) is 0. The van der Waals surface area contributed by atoms with E-state index in [0.29, 0.717) is 6.10 Å². The summed E-state index contributed by atoms with van der Waals surface area (Å²) in [5.41, 5.74) is 0. The van der Waals surface area contributed by atoms with Crippen molar-refractivity contribution in [1.29, 1.82) is 0 Å². The van der Waals surface area contributed by atoms with Crippen LogP contribution in [0.1, 0.15) is 46.5 Å². The van der Waals surface area contributed by atoms with Crippen molar-refractivity contribution in [1.82, 2.24) is 0 Å². The molecule has 0 radical (unpaired) electrons. The van der Waals surface area contributed by atoms with Crippen molar-refractivity contribution < 1.29 is 9.22 Å². The first-order valence-corrected chi connectivity index (χ1v) is 7.38. The number of hydrogen-bond acceptors (Lipinski definition) is 1. The normalized spacial score (nSPS) is 20.1. The molecule has 17 heavy (non-hydrogen) atoms. The Kier molecular flexibility index (Phi) is 6.83. The number of unbranched alkanes of at least 4 members (excludes halogenated alkanes) is 3. The van der Waals surface area contributed by atoms with Crippen LogP contribution in [0.25, 0.3) is 0 Å². The van der Waals surface area contributed by atoms with Gasteiger partial charge in [-0.15, -0.1) is 0 Å². The summed E-state index contributed by atoms with van der Waals surface area (Å²) in [7, 11) is 0. The summed E-state index contributed by atoms with van der Waals surface area (Å²) < 4.78 is 6.58.